The van der Waals surface area contributed by atoms with Crippen LogP contribution in [0.1, 0.15) is 25.7 Å². The quantitative estimate of drug-likeness (QED) is 0.728. The summed E-state index contributed by atoms with van der Waals surface area (Å²) in [6.45, 7) is 1.89. The Bertz CT molecular complexity index is 206. The van der Waals surface area contributed by atoms with Crippen LogP contribution >= 0.6 is 0 Å². The zero-order chi connectivity index (χ0) is 10.7. The third kappa shape index (κ3) is 2.65. The molecule has 2 heterocycles. The molecule has 2 rings (SSSR count). The van der Waals surface area contributed by atoms with Gasteiger partial charge in [-0.2, -0.15) is 0 Å². The molecule has 2 unspecified atom stereocenters. The number of alkyl halides is 2. The predicted octanol–water partition coefficient (Wildman–Crippen LogP) is 1.53. The van der Waals surface area contributed by atoms with E-state index in [-0.39, 0.29) is 0 Å². The first-order valence-electron chi connectivity index (χ1n) is 5.51. The van der Waals surface area contributed by atoms with Crippen molar-refractivity contribution in [2.24, 2.45) is 0 Å². The number of ether oxygens (including phenoxy) is 2. The molecule has 2 fully saturated rings. The Kier molecular flexibility index (Phi) is 3.53. The Balaban J connectivity index is 1.99. The van der Waals surface area contributed by atoms with Crippen molar-refractivity contribution in [1.29, 1.82) is 0 Å². The van der Waals surface area contributed by atoms with Gasteiger partial charge in [0, 0.05) is 19.6 Å². The topological polar surface area (TPSA) is 30.5 Å². The van der Waals surface area contributed by atoms with Gasteiger partial charge in [0.25, 0.3) is 6.43 Å². The predicted molar refractivity (Wildman–Crippen MR) is 50.9 cm³/mol. The third-order valence-corrected chi connectivity index (χ3v) is 3.05. The second-order valence-corrected chi connectivity index (χ2v) is 4.17. The first kappa shape index (κ1) is 11.2. The Morgan fingerprint density at radius 1 is 1.27 bits per heavy atom. The van der Waals surface area contributed by atoms with Gasteiger partial charge in [-0.05, 0) is 19.3 Å². The maximum absolute atomic E-state index is 12.6. The molecule has 3 nitrogen and oxygen atoms in total. The second kappa shape index (κ2) is 4.72. The van der Waals surface area contributed by atoms with Crippen molar-refractivity contribution in [2.75, 3.05) is 19.8 Å². The molecule has 0 saturated carbocycles. The van der Waals surface area contributed by atoms with E-state index in [4.69, 9.17) is 9.47 Å². The van der Waals surface area contributed by atoms with E-state index in [9.17, 15) is 8.78 Å². The Labute approximate surface area is 88.1 Å². The summed E-state index contributed by atoms with van der Waals surface area (Å²) in [7, 11) is 0. The minimum Gasteiger partial charge on any atom is -0.381 e. The van der Waals surface area contributed by atoms with Gasteiger partial charge in [-0.3, -0.25) is 5.32 Å². The van der Waals surface area contributed by atoms with E-state index in [1.165, 1.54) is 0 Å². The average Bonchev–Trinajstić information content (AvgIpc) is 2.44. The first-order valence-corrected chi connectivity index (χ1v) is 5.51. The molecular weight excluding hydrogens is 204 g/mol. The molecule has 0 aliphatic carbocycles. The van der Waals surface area contributed by atoms with Gasteiger partial charge in [-0.1, -0.05) is 0 Å². The molecule has 5 heteroatoms. The maximum Gasteiger partial charge on any atom is 0.264 e. The van der Waals surface area contributed by atoms with Gasteiger partial charge < -0.3 is 9.47 Å². The summed E-state index contributed by atoms with van der Waals surface area (Å²) >= 11 is 0. The van der Waals surface area contributed by atoms with Crippen LogP contribution < -0.4 is 5.32 Å². The van der Waals surface area contributed by atoms with Crippen molar-refractivity contribution in [1.82, 2.24) is 5.32 Å². The lowest BCUT2D eigenvalue weighted by Crippen LogP contribution is -2.56. The van der Waals surface area contributed by atoms with Crippen molar-refractivity contribution >= 4 is 0 Å². The highest BCUT2D eigenvalue weighted by Crippen LogP contribution is 2.30. The fourth-order valence-electron chi connectivity index (χ4n) is 2.23. The molecule has 0 bridgehead atoms. The van der Waals surface area contributed by atoms with Crippen molar-refractivity contribution in [3.63, 3.8) is 0 Å². The van der Waals surface area contributed by atoms with Crippen LogP contribution in [0.5, 0.6) is 0 Å². The lowest BCUT2D eigenvalue weighted by atomic mass is 10.0. The Hall–Kier alpha value is -0.260. The lowest BCUT2D eigenvalue weighted by Gasteiger charge is -2.41. The third-order valence-electron chi connectivity index (χ3n) is 3.05. The summed E-state index contributed by atoms with van der Waals surface area (Å²) in [5.74, 6) is 0. The largest absolute Gasteiger partial charge is 0.381 e. The van der Waals surface area contributed by atoms with E-state index in [0.717, 1.165) is 12.8 Å². The number of hydrogen-bond acceptors (Lipinski definition) is 3. The number of hydrogen-bond donors (Lipinski definition) is 1. The fraction of sp³-hybridized carbons (Fsp3) is 1.00. The number of nitrogens with one attached hydrogen (secondary N) is 1. The zero-order valence-corrected chi connectivity index (χ0v) is 8.68. The van der Waals surface area contributed by atoms with E-state index >= 15 is 0 Å². The van der Waals surface area contributed by atoms with Gasteiger partial charge in [0.1, 0.15) is 11.8 Å². The van der Waals surface area contributed by atoms with E-state index < -0.39 is 18.3 Å². The molecule has 0 aromatic rings. The highest BCUT2D eigenvalue weighted by Gasteiger charge is 2.40. The molecule has 1 spiro atoms. The zero-order valence-electron chi connectivity index (χ0n) is 8.68. The van der Waals surface area contributed by atoms with Gasteiger partial charge >= 0.3 is 0 Å². The van der Waals surface area contributed by atoms with Gasteiger partial charge in [0.15, 0.2) is 0 Å². The SMILES string of the molecule is FC(F)C1CCNC2(CCCOCC2)O1. The number of halogens is 2. The summed E-state index contributed by atoms with van der Waals surface area (Å²) < 4.78 is 36.0. The van der Waals surface area contributed by atoms with Gasteiger partial charge in [-0.15, -0.1) is 0 Å². The highest BCUT2D eigenvalue weighted by atomic mass is 19.3. The van der Waals surface area contributed by atoms with Crippen molar-refractivity contribution in [3.05, 3.63) is 0 Å². The molecule has 88 valence electrons. The molecule has 2 saturated heterocycles. The molecule has 0 radical (unpaired) electrons. The molecule has 0 aromatic carbocycles. The summed E-state index contributed by atoms with van der Waals surface area (Å²) in [5.41, 5.74) is -0.560. The molecule has 15 heavy (non-hydrogen) atoms. The monoisotopic (exact) mass is 221 g/mol. The highest BCUT2D eigenvalue weighted by molar-refractivity contribution is 4.86. The van der Waals surface area contributed by atoms with Crippen LogP contribution in [0.15, 0.2) is 0 Å². The minimum absolute atomic E-state index is 0.389. The fourth-order valence-corrected chi connectivity index (χ4v) is 2.23. The van der Waals surface area contributed by atoms with Crippen molar-refractivity contribution < 1.29 is 18.3 Å². The lowest BCUT2D eigenvalue weighted by molar-refractivity contribution is -0.189. The van der Waals surface area contributed by atoms with Gasteiger partial charge in [0.2, 0.25) is 0 Å². The van der Waals surface area contributed by atoms with Crippen molar-refractivity contribution in [2.45, 2.75) is 43.9 Å². The number of rotatable bonds is 1. The summed E-state index contributed by atoms with van der Waals surface area (Å²) in [4.78, 5) is 0. The smallest absolute Gasteiger partial charge is 0.264 e. The van der Waals surface area contributed by atoms with Gasteiger partial charge in [0.05, 0.1) is 6.61 Å². The normalized spacial score (nSPS) is 38.2. The van der Waals surface area contributed by atoms with Crippen LogP contribution in [0.4, 0.5) is 8.78 Å². The van der Waals surface area contributed by atoms with Crippen LogP contribution in [0.25, 0.3) is 0 Å². The van der Waals surface area contributed by atoms with Crippen molar-refractivity contribution in [3.8, 4) is 0 Å². The van der Waals surface area contributed by atoms with E-state index in [2.05, 4.69) is 5.32 Å². The summed E-state index contributed by atoms with van der Waals surface area (Å²) in [6.07, 6.45) is -0.618. The Morgan fingerprint density at radius 3 is 2.93 bits per heavy atom. The van der Waals surface area contributed by atoms with Crippen LogP contribution in [0, 0.1) is 0 Å². The summed E-state index contributed by atoms with van der Waals surface area (Å²) in [6, 6.07) is 0. The Morgan fingerprint density at radius 2 is 2.13 bits per heavy atom. The second-order valence-electron chi connectivity index (χ2n) is 4.17. The van der Waals surface area contributed by atoms with Crippen LogP contribution in [0.2, 0.25) is 0 Å². The van der Waals surface area contributed by atoms with Crippen LogP contribution in [0.3, 0.4) is 0 Å². The molecule has 2 aliphatic heterocycles. The minimum atomic E-state index is -2.38. The average molecular weight is 221 g/mol. The molecule has 0 aromatic heterocycles. The molecule has 1 N–H and O–H groups in total. The van der Waals surface area contributed by atoms with E-state index in [1.54, 1.807) is 0 Å². The van der Waals surface area contributed by atoms with Crippen LogP contribution in [-0.2, 0) is 9.47 Å². The summed E-state index contributed by atoms with van der Waals surface area (Å²) in [5, 5.41) is 3.22. The van der Waals surface area contributed by atoms with E-state index in [1.807, 2.05) is 0 Å². The van der Waals surface area contributed by atoms with E-state index in [0.29, 0.717) is 32.6 Å². The standard InChI is InChI=1S/C10H17F2NO2/c11-9(12)8-2-5-13-10(15-8)3-1-6-14-7-4-10/h8-9,13H,1-7H2. The molecule has 0 amide bonds. The first-order chi connectivity index (χ1) is 7.22. The molecular formula is C10H17F2NO2. The van der Waals surface area contributed by atoms with Gasteiger partial charge in [-0.25, -0.2) is 8.78 Å². The maximum atomic E-state index is 12.6. The van der Waals surface area contributed by atoms with Crippen LogP contribution in [-0.4, -0.2) is 38.0 Å². The molecule has 2 aliphatic rings. The molecule has 2 atom stereocenters.